The Labute approximate surface area is 162 Å². The summed E-state index contributed by atoms with van der Waals surface area (Å²) in [6.07, 6.45) is 1.38. The van der Waals surface area contributed by atoms with Gasteiger partial charge in [0, 0.05) is 10.0 Å². The number of ether oxygens (including phenoxy) is 1. The van der Waals surface area contributed by atoms with E-state index in [1.165, 1.54) is 18.3 Å². The van der Waals surface area contributed by atoms with E-state index in [0.29, 0.717) is 11.1 Å². The Balaban J connectivity index is 2.04. The third-order valence-electron chi connectivity index (χ3n) is 2.87. The van der Waals surface area contributed by atoms with Crippen LogP contribution in [0.5, 0.6) is 5.75 Å². The summed E-state index contributed by atoms with van der Waals surface area (Å²) in [5, 5.41) is 4.24. The van der Waals surface area contributed by atoms with Gasteiger partial charge >= 0.3 is 0 Å². The number of nitrogens with one attached hydrogen (secondary N) is 1. The van der Waals surface area contributed by atoms with Gasteiger partial charge in [-0.05, 0) is 42.0 Å². The van der Waals surface area contributed by atoms with Crippen molar-refractivity contribution in [3.63, 3.8) is 0 Å². The largest absolute Gasteiger partial charge is 0.481 e. The Bertz CT molecular complexity index is 803. The summed E-state index contributed by atoms with van der Waals surface area (Å²) in [6, 6.07) is 9.88. The van der Waals surface area contributed by atoms with Crippen LogP contribution >= 0.6 is 39.1 Å². The lowest BCUT2D eigenvalue weighted by Crippen LogP contribution is -2.20. The van der Waals surface area contributed by atoms with Gasteiger partial charge in [-0.15, -0.1) is 0 Å². The van der Waals surface area contributed by atoms with E-state index in [9.17, 15) is 9.59 Å². The smallest absolute Gasteiger partial charge is 0.271 e. The molecule has 0 fully saturated rings. The van der Waals surface area contributed by atoms with Gasteiger partial charge in [0.25, 0.3) is 11.8 Å². The fraction of sp³-hybridized carbons (Fsp3) is 0.0625. The van der Waals surface area contributed by atoms with Crippen molar-refractivity contribution in [1.82, 2.24) is 5.43 Å². The number of carbonyl (C=O) groups is 2. The first kappa shape index (κ1) is 19.2. The maximum Gasteiger partial charge on any atom is 0.271 e. The summed E-state index contributed by atoms with van der Waals surface area (Å²) in [7, 11) is 0. The van der Waals surface area contributed by atoms with Gasteiger partial charge in [-0.2, -0.15) is 5.10 Å². The van der Waals surface area contributed by atoms with Crippen LogP contribution in [0.15, 0.2) is 46.0 Å². The molecule has 0 aliphatic heterocycles. The molecule has 0 saturated carbocycles. The molecular formula is C16H12BrCl2N3O3. The molecule has 2 amide bonds. The normalized spacial score (nSPS) is 10.7. The molecular weight excluding hydrogens is 433 g/mol. The molecule has 0 unspecified atom stereocenters. The Hall–Kier alpha value is -2.09. The van der Waals surface area contributed by atoms with E-state index < -0.39 is 5.91 Å². The van der Waals surface area contributed by atoms with Crippen LogP contribution in [0.4, 0.5) is 0 Å². The highest BCUT2D eigenvalue weighted by Gasteiger charge is 2.10. The number of amides is 2. The summed E-state index contributed by atoms with van der Waals surface area (Å²) >= 11 is 15.4. The molecule has 0 saturated heterocycles. The van der Waals surface area contributed by atoms with Crippen molar-refractivity contribution in [3.05, 3.63) is 62.0 Å². The van der Waals surface area contributed by atoms with Gasteiger partial charge in [0.15, 0.2) is 12.4 Å². The summed E-state index contributed by atoms with van der Waals surface area (Å²) in [6.45, 7) is -0.337. The van der Waals surface area contributed by atoms with E-state index in [4.69, 9.17) is 33.7 Å². The van der Waals surface area contributed by atoms with Crippen molar-refractivity contribution in [3.8, 4) is 5.75 Å². The van der Waals surface area contributed by atoms with Crippen LogP contribution in [0.1, 0.15) is 15.9 Å². The number of primary amides is 1. The van der Waals surface area contributed by atoms with Crippen LogP contribution in [0, 0.1) is 0 Å². The first-order valence-electron chi connectivity index (χ1n) is 6.86. The monoisotopic (exact) mass is 443 g/mol. The molecule has 3 N–H and O–H groups in total. The standard InChI is InChI=1S/C16H12BrCl2N3O3/c17-11-3-1-10(2-4-11)16(24)22-21-7-9-5-12(18)15(13(19)6-9)25-8-14(20)23/h1-7H,8H2,(H2,20,23)(H,22,24)/b21-7+. The second-order valence-electron chi connectivity index (χ2n) is 4.77. The summed E-state index contributed by atoms with van der Waals surface area (Å²) in [5.41, 5.74) is 8.41. The van der Waals surface area contributed by atoms with E-state index in [0.717, 1.165) is 4.47 Å². The predicted molar refractivity (Wildman–Crippen MR) is 100 cm³/mol. The third-order valence-corrected chi connectivity index (χ3v) is 3.96. The molecule has 0 aromatic heterocycles. The Kier molecular flexibility index (Phi) is 6.81. The van der Waals surface area contributed by atoms with Crippen molar-refractivity contribution in [2.24, 2.45) is 10.8 Å². The quantitative estimate of drug-likeness (QED) is 0.528. The molecule has 9 heteroatoms. The van der Waals surface area contributed by atoms with Crippen molar-refractivity contribution in [1.29, 1.82) is 0 Å². The zero-order valence-electron chi connectivity index (χ0n) is 12.6. The molecule has 0 radical (unpaired) electrons. The number of nitrogens with two attached hydrogens (primary N) is 1. The molecule has 2 aromatic carbocycles. The van der Waals surface area contributed by atoms with Crippen molar-refractivity contribution >= 4 is 57.2 Å². The van der Waals surface area contributed by atoms with Gasteiger partial charge in [0.1, 0.15) is 0 Å². The van der Waals surface area contributed by atoms with Crippen LogP contribution in [0.2, 0.25) is 10.0 Å². The number of hydrogen-bond donors (Lipinski definition) is 2. The molecule has 25 heavy (non-hydrogen) atoms. The number of hydrogen-bond acceptors (Lipinski definition) is 4. The maximum atomic E-state index is 11.9. The molecule has 2 aromatic rings. The van der Waals surface area contributed by atoms with Crippen LogP contribution in [-0.2, 0) is 4.79 Å². The Morgan fingerprint density at radius 2 is 1.80 bits per heavy atom. The lowest BCUT2D eigenvalue weighted by molar-refractivity contribution is -0.119. The van der Waals surface area contributed by atoms with Gasteiger partial charge in [-0.25, -0.2) is 5.43 Å². The highest BCUT2D eigenvalue weighted by molar-refractivity contribution is 9.10. The summed E-state index contributed by atoms with van der Waals surface area (Å²) in [4.78, 5) is 22.7. The number of hydrazone groups is 1. The predicted octanol–water partition coefficient (Wildman–Crippen LogP) is 3.38. The van der Waals surface area contributed by atoms with Gasteiger partial charge in [-0.1, -0.05) is 39.1 Å². The average Bonchev–Trinajstić information content (AvgIpc) is 2.54. The first-order valence-corrected chi connectivity index (χ1v) is 8.41. The zero-order valence-corrected chi connectivity index (χ0v) is 15.7. The number of nitrogens with zero attached hydrogens (tertiary/aromatic N) is 1. The van der Waals surface area contributed by atoms with Crippen LogP contribution in [0.25, 0.3) is 0 Å². The molecule has 0 aliphatic carbocycles. The molecule has 0 heterocycles. The van der Waals surface area contributed by atoms with E-state index in [1.54, 1.807) is 24.3 Å². The lowest BCUT2D eigenvalue weighted by Gasteiger charge is -2.09. The highest BCUT2D eigenvalue weighted by Crippen LogP contribution is 2.33. The average molecular weight is 445 g/mol. The third kappa shape index (κ3) is 5.74. The molecule has 0 spiro atoms. The van der Waals surface area contributed by atoms with Crippen molar-refractivity contribution in [2.45, 2.75) is 0 Å². The van der Waals surface area contributed by atoms with Crippen LogP contribution in [-0.4, -0.2) is 24.6 Å². The molecule has 0 aliphatic rings. The number of rotatable bonds is 6. The minimum absolute atomic E-state index is 0.151. The highest BCUT2D eigenvalue weighted by atomic mass is 79.9. The lowest BCUT2D eigenvalue weighted by atomic mass is 10.2. The van der Waals surface area contributed by atoms with E-state index in [-0.39, 0.29) is 28.3 Å². The second-order valence-corrected chi connectivity index (χ2v) is 6.50. The first-order chi connectivity index (χ1) is 11.9. The number of carbonyl (C=O) groups excluding carboxylic acids is 2. The summed E-state index contributed by atoms with van der Waals surface area (Å²) in [5.74, 6) is -0.853. The minimum atomic E-state index is -0.645. The maximum absolute atomic E-state index is 11.9. The van der Waals surface area contributed by atoms with Gasteiger partial charge in [0.05, 0.1) is 16.3 Å². The van der Waals surface area contributed by atoms with Crippen LogP contribution < -0.4 is 15.9 Å². The SMILES string of the molecule is NC(=O)COc1c(Cl)cc(/C=N/NC(=O)c2ccc(Br)cc2)cc1Cl. The fourth-order valence-corrected chi connectivity index (χ4v) is 2.64. The molecule has 130 valence electrons. The van der Waals surface area contributed by atoms with Crippen LogP contribution in [0.3, 0.4) is 0 Å². The van der Waals surface area contributed by atoms with Gasteiger partial charge in [-0.3, -0.25) is 9.59 Å². The summed E-state index contributed by atoms with van der Waals surface area (Å²) < 4.78 is 6.01. The zero-order chi connectivity index (χ0) is 18.4. The Morgan fingerprint density at radius 3 is 2.36 bits per heavy atom. The van der Waals surface area contributed by atoms with E-state index in [1.807, 2.05) is 0 Å². The molecule has 2 rings (SSSR count). The van der Waals surface area contributed by atoms with Gasteiger partial charge in [0.2, 0.25) is 0 Å². The minimum Gasteiger partial charge on any atom is -0.481 e. The van der Waals surface area contributed by atoms with Gasteiger partial charge < -0.3 is 10.5 Å². The fourth-order valence-electron chi connectivity index (χ4n) is 1.77. The second kappa shape index (κ2) is 8.84. The molecule has 6 nitrogen and oxygen atoms in total. The topological polar surface area (TPSA) is 93.8 Å². The number of benzene rings is 2. The number of halogens is 3. The molecule has 0 bridgehead atoms. The molecule has 0 atom stereocenters. The van der Waals surface area contributed by atoms with E-state index >= 15 is 0 Å². The van der Waals surface area contributed by atoms with Crippen molar-refractivity contribution in [2.75, 3.05) is 6.61 Å². The Morgan fingerprint density at radius 1 is 1.20 bits per heavy atom. The van der Waals surface area contributed by atoms with Crippen molar-refractivity contribution < 1.29 is 14.3 Å². The van der Waals surface area contributed by atoms with E-state index in [2.05, 4.69) is 26.5 Å².